The fraction of sp³-hybridized carbons (Fsp3) is 0.364. The number of benzene rings is 2. The lowest BCUT2D eigenvalue weighted by Crippen LogP contribution is -2.17. The number of carbonyl (C=O) groups excluding carboxylic acids is 2. The number of nitrogens with one attached hydrogen (secondary N) is 1. The minimum Gasteiger partial charge on any atom is -0.465 e. The summed E-state index contributed by atoms with van der Waals surface area (Å²) in [7, 11) is 3.00. The zero-order chi connectivity index (χ0) is 20.5. The summed E-state index contributed by atoms with van der Waals surface area (Å²) in [5.74, 6) is -0.324. The van der Waals surface area contributed by atoms with E-state index in [0.29, 0.717) is 11.1 Å². The van der Waals surface area contributed by atoms with Crippen LogP contribution in [0.15, 0.2) is 48.5 Å². The molecule has 1 amide bonds. The number of hydrogen-bond donors (Lipinski definition) is 1. The van der Waals surface area contributed by atoms with Crippen molar-refractivity contribution in [3.63, 3.8) is 0 Å². The molecule has 0 heterocycles. The van der Waals surface area contributed by atoms with E-state index >= 15 is 0 Å². The monoisotopic (exact) mass is 359 g/mol. The largest absolute Gasteiger partial charge is 0.465 e. The van der Waals surface area contributed by atoms with Gasteiger partial charge in [-0.25, -0.2) is 4.79 Å². The van der Waals surface area contributed by atoms with E-state index in [4.69, 9.17) is 0 Å². The van der Waals surface area contributed by atoms with E-state index < -0.39 is 0 Å². The highest BCUT2D eigenvalue weighted by Crippen LogP contribution is 2.03. The number of aryl methyl sites for hydroxylation is 2. The number of amides is 1. The molecule has 2 aromatic carbocycles. The van der Waals surface area contributed by atoms with Crippen LogP contribution in [0.1, 0.15) is 59.5 Å². The Morgan fingerprint density at radius 1 is 0.731 bits per heavy atom. The third kappa shape index (κ3) is 10.3. The van der Waals surface area contributed by atoms with E-state index in [0.717, 1.165) is 11.1 Å². The molecule has 0 fully saturated rings. The maximum atomic E-state index is 11.0. The smallest absolute Gasteiger partial charge is 0.337 e. The molecular weight excluding hydrogens is 326 g/mol. The Balaban J connectivity index is 0. The minimum absolute atomic E-state index is 0.0370. The van der Waals surface area contributed by atoms with Crippen molar-refractivity contribution in [1.82, 2.24) is 5.32 Å². The highest BCUT2D eigenvalue weighted by Gasteiger charge is 2.02. The van der Waals surface area contributed by atoms with Crippen molar-refractivity contribution in [2.24, 2.45) is 0 Å². The first kappa shape index (κ1) is 25.6. The van der Waals surface area contributed by atoms with E-state index in [1.165, 1.54) is 7.11 Å². The summed E-state index contributed by atoms with van der Waals surface area (Å²) < 4.78 is 4.54. The van der Waals surface area contributed by atoms with Crippen LogP contribution in [0.2, 0.25) is 0 Å². The highest BCUT2D eigenvalue weighted by atomic mass is 16.5. The standard InChI is InChI=1S/C9H11NO.C9H10O2.2C2H6/c1-7-3-5-8(6-4-7)9(11)10-2;1-7-3-5-8(6-4-7)9(10)11-2;2*1-2/h3-6H,1-2H3,(H,10,11);3-6H,1-2H3;2*1-2H3. The number of carbonyl (C=O) groups is 2. The van der Waals surface area contributed by atoms with Gasteiger partial charge in [-0.3, -0.25) is 4.79 Å². The Labute approximate surface area is 158 Å². The van der Waals surface area contributed by atoms with Gasteiger partial charge in [0.1, 0.15) is 0 Å². The first-order valence-electron chi connectivity index (χ1n) is 8.91. The van der Waals surface area contributed by atoms with Gasteiger partial charge in [0.05, 0.1) is 12.7 Å². The van der Waals surface area contributed by atoms with E-state index in [9.17, 15) is 9.59 Å². The van der Waals surface area contributed by atoms with E-state index in [2.05, 4.69) is 10.1 Å². The van der Waals surface area contributed by atoms with Crippen LogP contribution in [-0.4, -0.2) is 26.0 Å². The molecule has 26 heavy (non-hydrogen) atoms. The quantitative estimate of drug-likeness (QED) is 0.751. The molecule has 0 aromatic heterocycles. The predicted molar refractivity (Wildman–Crippen MR) is 110 cm³/mol. The normalized spacial score (nSPS) is 8.31. The van der Waals surface area contributed by atoms with Gasteiger partial charge in [0.25, 0.3) is 5.91 Å². The molecule has 1 N–H and O–H groups in total. The van der Waals surface area contributed by atoms with E-state index in [1.807, 2.05) is 77.9 Å². The Morgan fingerprint density at radius 2 is 1.08 bits per heavy atom. The third-order valence-electron chi connectivity index (χ3n) is 3.01. The maximum absolute atomic E-state index is 11.0. The number of ether oxygens (including phenoxy) is 1. The molecule has 0 bridgehead atoms. The molecule has 0 aliphatic rings. The van der Waals surface area contributed by atoms with Crippen LogP contribution in [0.3, 0.4) is 0 Å². The maximum Gasteiger partial charge on any atom is 0.337 e. The lowest BCUT2D eigenvalue weighted by molar-refractivity contribution is 0.0600. The molecule has 0 aliphatic carbocycles. The molecule has 4 nitrogen and oxygen atoms in total. The molecule has 144 valence electrons. The van der Waals surface area contributed by atoms with Crippen LogP contribution in [-0.2, 0) is 4.74 Å². The zero-order valence-corrected chi connectivity index (χ0v) is 17.3. The van der Waals surface area contributed by atoms with Crippen LogP contribution in [0, 0.1) is 13.8 Å². The molecule has 2 rings (SSSR count). The van der Waals surface area contributed by atoms with Gasteiger partial charge < -0.3 is 10.1 Å². The van der Waals surface area contributed by atoms with Gasteiger partial charge in [-0.2, -0.15) is 0 Å². The highest BCUT2D eigenvalue weighted by molar-refractivity contribution is 5.93. The van der Waals surface area contributed by atoms with Gasteiger partial charge in [-0.05, 0) is 38.1 Å². The Morgan fingerprint density at radius 3 is 1.38 bits per heavy atom. The number of rotatable bonds is 2. The van der Waals surface area contributed by atoms with Crippen LogP contribution in [0.25, 0.3) is 0 Å². The summed E-state index contributed by atoms with van der Waals surface area (Å²) in [5, 5.41) is 2.56. The van der Waals surface area contributed by atoms with Crippen molar-refractivity contribution in [2.75, 3.05) is 14.2 Å². The molecule has 0 unspecified atom stereocenters. The molecule has 2 aromatic rings. The second kappa shape index (κ2) is 15.9. The Bertz CT molecular complexity index is 559. The Kier molecular flexibility index (Phi) is 15.6. The SMILES string of the molecule is CC.CC.CNC(=O)c1ccc(C)cc1.COC(=O)c1ccc(C)cc1. The number of esters is 1. The van der Waals surface area contributed by atoms with Crippen molar-refractivity contribution in [3.8, 4) is 0 Å². The van der Waals surface area contributed by atoms with Gasteiger partial charge in [-0.15, -0.1) is 0 Å². The summed E-state index contributed by atoms with van der Waals surface area (Å²) in [6, 6.07) is 14.7. The first-order valence-corrected chi connectivity index (χ1v) is 8.91. The van der Waals surface area contributed by atoms with E-state index in [-0.39, 0.29) is 11.9 Å². The van der Waals surface area contributed by atoms with E-state index in [1.54, 1.807) is 19.2 Å². The summed E-state index contributed by atoms with van der Waals surface area (Å²) in [4.78, 5) is 21.9. The van der Waals surface area contributed by atoms with Crippen LogP contribution in [0.5, 0.6) is 0 Å². The summed E-state index contributed by atoms with van der Waals surface area (Å²) >= 11 is 0. The lowest BCUT2D eigenvalue weighted by Gasteiger charge is -1.98. The zero-order valence-electron chi connectivity index (χ0n) is 17.3. The fourth-order valence-electron chi connectivity index (χ4n) is 1.66. The molecule has 0 saturated carbocycles. The molecule has 0 atom stereocenters. The van der Waals surface area contributed by atoms with Gasteiger partial charge in [0.2, 0.25) is 0 Å². The predicted octanol–water partition coefficient (Wildman–Crippen LogP) is 5.19. The molecule has 4 heteroatoms. The van der Waals surface area contributed by atoms with Crippen LogP contribution >= 0.6 is 0 Å². The third-order valence-corrected chi connectivity index (χ3v) is 3.01. The summed E-state index contributed by atoms with van der Waals surface area (Å²) in [6.07, 6.45) is 0. The molecular formula is C22H33NO3. The van der Waals surface area contributed by atoms with Gasteiger partial charge in [0, 0.05) is 12.6 Å². The lowest BCUT2D eigenvalue weighted by atomic mass is 10.1. The van der Waals surface area contributed by atoms with Crippen molar-refractivity contribution in [1.29, 1.82) is 0 Å². The summed E-state index contributed by atoms with van der Waals surface area (Å²) in [5.41, 5.74) is 3.60. The molecule has 0 aliphatic heterocycles. The van der Waals surface area contributed by atoms with Crippen LogP contribution < -0.4 is 5.32 Å². The van der Waals surface area contributed by atoms with Crippen molar-refractivity contribution >= 4 is 11.9 Å². The summed E-state index contributed by atoms with van der Waals surface area (Å²) in [6.45, 7) is 12.0. The number of methoxy groups -OCH3 is 1. The van der Waals surface area contributed by atoms with Crippen molar-refractivity contribution in [3.05, 3.63) is 70.8 Å². The average molecular weight is 360 g/mol. The Hall–Kier alpha value is -2.62. The van der Waals surface area contributed by atoms with Gasteiger partial charge in [0.15, 0.2) is 0 Å². The average Bonchev–Trinajstić information content (AvgIpc) is 2.71. The molecule has 0 radical (unpaired) electrons. The minimum atomic E-state index is -0.287. The fourth-order valence-corrected chi connectivity index (χ4v) is 1.66. The second-order valence-corrected chi connectivity index (χ2v) is 4.80. The number of hydrogen-bond acceptors (Lipinski definition) is 3. The van der Waals surface area contributed by atoms with Crippen molar-refractivity contribution in [2.45, 2.75) is 41.5 Å². The van der Waals surface area contributed by atoms with Gasteiger partial charge >= 0.3 is 5.97 Å². The van der Waals surface area contributed by atoms with Crippen molar-refractivity contribution < 1.29 is 14.3 Å². The molecule has 0 spiro atoms. The second-order valence-electron chi connectivity index (χ2n) is 4.80. The topological polar surface area (TPSA) is 55.4 Å². The van der Waals surface area contributed by atoms with Crippen LogP contribution in [0.4, 0.5) is 0 Å². The molecule has 0 saturated heterocycles. The first-order chi connectivity index (χ1) is 12.5. The van der Waals surface area contributed by atoms with Gasteiger partial charge in [-0.1, -0.05) is 63.1 Å².